The number of halogens is 1. The number of pyridine rings is 1. The van der Waals surface area contributed by atoms with Crippen LogP contribution in [0.25, 0.3) is 0 Å². The van der Waals surface area contributed by atoms with Crippen LogP contribution in [0.15, 0.2) is 24.5 Å². The SMILES string of the molecule is [2H]C([2H])([2H])[n+]1cccc([C@H]2CCCN2C)c1.[I-]. The minimum Gasteiger partial charge on any atom is -1.00 e. The first-order chi connectivity index (χ1) is 7.48. The topological polar surface area (TPSA) is 7.12 Å². The maximum absolute atomic E-state index is 7.37. The maximum atomic E-state index is 7.37. The Hall–Kier alpha value is -0.160. The van der Waals surface area contributed by atoms with Gasteiger partial charge in [-0.3, -0.25) is 4.90 Å². The predicted molar refractivity (Wildman–Crippen MR) is 52.2 cm³/mol. The predicted octanol–water partition coefficient (Wildman–Crippen LogP) is -1.72. The van der Waals surface area contributed by atoms with Gasteiger partial charge in [0.2, 0.25) is 0 Å². The molecule has 0 N–H and O–H groups in total. The van der Waals surface area contributed by atoms with E-state index < -0.39 is 6.98 Å². The van der Waals surface area contributed by atoms with Crippen molar-refractivity contribution in [2.24, 2.45) is 6.98 Å². The summed E-state index contributed by atoms with van der Waals surface area (Å²) in [6, 6.07) is 4.19. The molecule has 1 aromatic heterocycles. The molecule has 2 nitrogen and oxygen atoms in total. The highest BCUT2D eigenvalue weighted by Gasteiger charge is 2.23. The van der Waals surface area contributed by atoms with Crippen molar-refractivity contribution in [3.63, 3.8) is 0 Å². The molecule has 0 saturated carbocycles. The third-order valence-electron chi connectivity index (χ3n) is 2.73. The van der Waals surface area contributed by atoms with Gasteiger partial charge in [0, 0.05) is 17.7 Å². The highest BCUT2D eigenvalue weighted by atomic mass is 127. The van der Waals surface area contributed by atoms with Gasteiger partial charge in [-0.05, 0) is 32.5 Å². The van der Waals surface area contributed by atoms with Crippen molar-refractivity contribution in [2.45, 2.75) is 18.9 Å². The maximum Gasteiger partial charge on any atom is 0.173 e. The smallest absolute Gasteiger partial charge is 0.173 e. The third-order valence-corrected chi connectivity index (χ3v) is 2.73. The van der Waals surface area contributed by atoms with E-state index in [4.69, 9.17) is 4.11 Å². The van der Waals surface area contributed by atoms with Crippen LogP contribution in [0.1, 0.15) is 28.6 Å². The van der Waals surface area contributed by atoms with E-state index in [-0.39, 0.29) is 24.0 Å². The summed E-state index contributed by atoms with van der Waals surface area (Å²) in [6.07, 6.45) is 5.65. The van der Waals surface area contributed by atoms with Gasteiger partial charge in [0.05, 0.1) is 0 Å². The van der Waals surface area contributed by atoms with Gasteiger partial charge in [-0.2, -0.15) is 0 Å². The molecule has 2 rings (SSSR count). The molecule has 0 unspecified atom stereocenters. The molecule has 1 saturated heterocycles. The highest BCUT2D eigenvalue weighted by molar-refractivity contribution is 5.12. The van der Waals surface area contributed by atoms with E-state index in [0.29, 0.717) is 6.04 Å². The van der Waals surface area contributed by atoms with Crippen LogP contribution in [-0.4, -0.2) is 18.5 Å². The zero-order chi connectivity index (χ0) is 11.8. The van der Waals surface area contributed by atoms with Crippen LogP contribution in [0.4, 0.5) is 0 Å². The van der Waals surface area contributed by atoms with E-state index in [0.717, 1.165) is 18.5 Å². The van der Waals surface area contributed by atoms with Gasteiger partial charge >= 0.3 is 0 Å². The number of aromatic nitrogens is 1. The van der Waals surface area contributed by atoms with Gasteiger partial charge in [0.25, 0.3) is 0 Å². The second-order valence-corrected chi connectivity index (χ2v) is 3.68. The number of aryl methyl sites for hydroxylation is 1. The second kappa shape index (κ2) is 5.07. The first kappa shape index (κ1) is 8.05. The van der Waals surface area contributed by atoms with Crippen molar-refractivity contribution >= 4 is 0 Å². The fourth-order valence-electron chi connectivity index (χ4n) is 2.02. The molecule has 0 spiro atoms. The molecule has 1 atom stereocenters. The number of nitrogens with zero attached hydrogens (tertiary/aromatic N) is 2. The van der Waals surface area contributed by atoms with Crippen molar-refractivity contribution in [2.75, 3.05) is 13.6 Å². The Kier molecular flexibility index (Phi) is 2.91. The summed E-state index contributed by atoms with van der Waals surface area (Å²) in [5.74, 6) is 0. The normalized spacial score (nSPS) is 26.1. The molecular formula is C11H17IN2. The first-order valence-corrected chi connectivity index (χ1v) is 4.70. The highest BCUT2D eigenvalue weighted by Crippen LogP contribution is 2.28. The van der Waals surface area contributed by atoms with Crippen molar-refractivity contribution in [1.29, 1.82) is 0 Å². The largest absolute Gasteiger partial charge is 1.00 e. The minimum absolute atomic E-state index is 0. The second-order valence-electron chi connectivity index (χ2n) is 3.68. The molecule has 1 aromatic rings. The minimum atomic E-state index is -2.08. The Balaban J connectivity index is 0.00000144. The molecule has 0 radical (unpaired) electrons. The lowest BCUT2D eigenvalue weighted by Crippen LogP contribution is -3.00. The molecule has 78 valence electrons. The number of hydrogen-bond donors (Lipinski definition) is 0. The van der Waals surface area contributed by atoms with Gasteiger partial charge in [-0.15, -0.1) is 0 Å². The van der Waals surface area contributed by atoms with Crippen LogP contribution < -0.4 is 28.5 Å². The molecule has 3 heteroatoms. The van der Waals surface area contributed by atoms with Gasteiger partial charge in [0.1, 0.15) is 11.1 Å². The van der Waals surface area contributed by atoms with Gasteiger partial charge < -0.3 is 24.0 Å². The van der Waals surface area contributed by atoms with E-state index >= 15 is 0 Å². The summed E-state index contributed by atoms with van der Waals surface area (Å²) < 4.78 is 23.4. The van der Waals surface area contributed by atoms with E-state index in [1.165, 1.54) is 11.0 Å². The lowest BCUT2D eigenvalue weighted by Gasteiger charge is -2.17. The Labute approximate surface area is 107 Å². The molecule has 1 fully saturated rings. The van der Waals surface area contributed by atoms with Crippen molar-refractivity contribution < 1.29 is 32.7 Å². The van der Waals surface area contributed by atoms with Crippen LogP contribution in [0.2, 0.25) is 0 Å². The standard InChI is InChI=1S/C11H17N2.HI/c1-12-7-3-5-10(9-12)11-6-4-8-13(11)2;/h3,5,7,9,11H,4,6,8H2,1-2H3;1H/q+1;/p-1/t11-;/m1./s1/i1D3;. The summed E-state index contributed by atoms with van der Waals surface area (Å²) in [5.41, 5.74) is 1.10. The average molecular weight is 307 g/mol. The zero-order valence-corrected chi connectivity index (χ0v) is 10.4. The molecule has 1 aliphatic heterocycles. The monoisotopic (exact) mass is 307 g/mol. The molecule has 14 heavy (non-hydrogen) atoms. The first-order valence-electron chi connectivity index (χ1n) is 6.20. The summed E-state index contributed by atoms with van der Waals surface area (Å²) in [4.78, 5) is 2.28. The third kappa shape index (κ3) is 2.45. The molecular weight excluding hydrogens is 287 g/mol. The fraction of sp³-hybridized carbons (Fsp3) is 0.545. The molecule has 0 aromatic carbocycles. The molecule has 1 aliphatic rings. The van der Waals surface area contributed by atoms with Crippen LogP contribution in [0.5, 0.6) is 0 Å². The van der Waals surface area contributed by atoms with Gasteiger partial charge in [-0.25, -0.2) is 4.57 Å². The summed E-state index contributed by atoms with van der Waals surface area (Å²) in [6.45, 7) is -0.986. The molecule has 0 bridgehead atoms. The Morgan fingerprint density at radius 3 is 3.14 bits per heavy atom. The lowest BCUT2D eigenvalue weighted by atomic mass is 10.1. The zero-order valence-electron chi connectivity index (χ0n) is 11.3. The molecule has 0 amide bonds. The van der Waals surface area contributed by atoms with Crippen LogP contribution >= 0.6 is 0 Å². The molecule has 0 aliphatic carbocycles. The summed E-state index contributed by atoms with van der Waals surface area (Å²) >= 11 is 0. The summed E-state index contributed by atoms with van der Waals surface area (Å²) in [7, 11) is 2.09. The van der Waals surface area contributed by atoms with E-state index in [2.05, 4.69) is 11.9 Å². The fourth-order valence-corrected chi connectivity index (χ4v) is 2.02. The van der Waals surface area contributed by atoms with Crippen LogP contribution in [0.3, 0.4) is 0 Å². The average Bonchev–Trinajstić information content (AvgIpc) is 2.63. The number of hydrogen-bond acceptors (Lipinski definition) is 1. The Bertz CT molecular complexity index is 381. The Morgan fingerprint density at radius 2 is 2.50 bits per heavy atom. The summed E-state index contributed by atoms with van der Waals surface area (Å²) in [5, 5.41) is 0. The van der Waals surface area contributed by atoms with Crippen molar-refractivity contribution in [3.8, 4) is 0 Å². The van der Waals surface area contributed by atoms with E-state index in [9.17, 15) is 0 Å². The molecule has 2 heterocycles. The Morgan fingerprint density at radius 1 is 1.64 bits per heavy atom. The van der Waals surface area contributed by atoms with Crippen LogP contribution in [0, 0.1) is 0 Å². The van der Waals surface area contributed by atoms with Crippen molar-refractivity contribution in [3.05, 3.63) is 30.1 Å². The van der Waals surface area contributed by atoms with E-state index in [1.54, 1.807) is 12.4 Å². The lowest BCUT2D eigenvalue weighted by molar-refractivity contribution is -0.672. The number of likely N-dealkylation sites (tertiary alicyclic amines) is 1. The van der Waals surface area contributed by atoms with Crippen molar-refractivity contribution in [1.82, 2.24) is 4.90 Å². The van der Waals surface area contributed by atoms with Gasteiger partial charge in [-0.1, -0.05) is 0 Å². The number of rotatable bonds is 1. The van der Waals surface area contributed by atoms with E-state index in [1.807, 2.05) is 12.1 Å². The quantitative estimate of drug-likeness (QED) is 0.442. The van der Waals surface area contributed by atoms with Crippen LogP contribution in [-0.2, 0) is 6.98 Å². The van der Waals surface area contributed by atoms with Gasteiger partial charge in [0.15, 0.2) is 12.4 Å².